The van der Waals surface area contributed by atoms with Crippen LogP contribution < -0.4 is 10.1 Å². The van der Waals surface area contributed by atoms with Crippen molar-refractivity contribution in [2.24, 2.45) is 0 Å². The number of nitriles is 1. The van der Waals surface area contributed by atoms with Crippen LogP contribution in [0.15, 0.2) is 42.6 Å². The molecule has 2 heterocycles. The number of fused-ring (bicyclic) bond motifs is 3. The van der Waals surface area contributed by atoms with Gasteiger partial charge in [0.05, 0.1) is 17.7 Å². The number of amides is 1. The molecular formula is C21H17N3O2S. The number of ether oxygens (including phenoxy) is 1. The number of carbonyl (C=O) groups excluding carboxylic acids is 1. The molecule has 0 atom stereocenters. The van der Waals surface area contributed by atoms with E-state index < -0.39 is 0 Å². The number of hydrogen-bond acceptors (Lipinski definition) is 5. The highest BCUT2D eigenvalue weighted by atomic mass is 32.1. The molecule has 1 amide bonds. The van der Waals surface area contributed by atoms with Gasteiger partial charge in [0.15, 0.2) is 0 Å². The molecule has 0 aliphatic heterocycles. The minimum atomic E-state index is -0.283. The van der Waals surface area contributed by atoms with Crippen molar-refractivity contribution < 1.29 is 9.53 Å². The molecule has 0 fully saturated rings. The van der Waals surface area contributed by atoms with E-state index in [0.29, 0.717) is 28.6 Å². The number of nitrogens with one attached hydrogen (secondary N) is 1. The zero-order valence-electron chi connectivity index (χ0n) is 14.8. The van der Waals surface area contributed by atoms with Gasteiger partial charge in [0.1, 0.15) is 11.1 Å². The Morgan fingerprint density at radius 2 is 2.15 bits per heavy atom. The predicted octanol–water partition coefficient (Wildman–Crippen LogP) is 4.43. The fourth-order valence-electron chi connectivity index (χ4n) is 3.29. The van der Waals surface area contributed by atoms with Gasteiger partial charge in [-0.2, -0.15) is 5.26 Å². The molecule has 1 aliphatic carbocycles. The minimum absolute atomic E-state index is 0.283. The average molecular weight is 375 g/mol. The van der Waals surface area contributed by atoms with Gasteiger partial charge < -0.3 is 10.1 Å². The molecule has 4 rings (SSSR count). The maximum absolute atomic E-state index is 12.6. The fourth-order valence-corrected chi connectivity index (χ4v) is 4.45. The van der Waals surface area contributed by atoms with Gasteiger partial charge in [-0.05, 0) is 37.0 Å². The molecule has 1 aliphatic rings. The summed E-state index contributed by atoms with van der Waals surface area (Å²) in [6, 6.07) is 13.8. The number of carbonyl (C=O) groups is 1. The molecule has 0 saturated heterocycles. The number of anilines is 1. The van der Waals surface area contributed by atoms with E-state index in [9.17, 15) is 10.1 Å². The molecule has 0 radical (unpaired) electrons. The van der Waals surface area contributed by atoms with Crippen molar-refractivity contribution in [1.29, 1.82) is 5.26 Å². The second-order valence-corrected chi connectivity index (χ2v) is 7.25. The summed E-state index contributed by atoms with van der Waals surface area (Å²) in [6.07, 6.45) is 3.31. The summed E-state index contributed by atoms with van der Waals surface area (Å²) < 4.78 is 5.30. The smallest absolute Gasteiger partial charge is 0.257 e. The third-order valence-corrected chi connectivity index (χ3v) is 5.68. The van der Waals surface area contributed by atoms with Gasteiger partial charge in [0.2, 0.25) is 5.88 Å². The molecule has 0 unspecified atom stereocenters. The van der Waals surface area contributed by atoms with Crippen molar-refractivity contribution in [1.82, 2.24) is 4.98 Å². The number of nitrogens with zero attached hydrogens (tertiary/aromatic N) is 2. The van der Waals surface area contributed by atoms with Crippen molar-refractivity contribution in [3.05, 3.63) is 64.2 Å². The van der Waals surface area contributed by atoms with Crippen LogP contribution in [0.2, 0.25) is 0 Å². The zero-order valence-corrected chi connectivity index (χ0v) is 15.6. The highest BCUT2D eigenvalue weighted by Gasteiger charge is 2.25. The first kappa shape index (κ1) is 17.3. The lowest BCUT2D eigenvalue weighted by Gasteiger charge is -2.16. The minimum Gasteiger partial charge on any atom is -0.478 e. The Bertz CT molecular complexity index is 1050. The summed E-state index contributed by atoms with van der Waals surface area (Å²) in [4.78, 5) is 17.9. The first-order valence-corrected chi connectivity index (χ1v) is 9.57. The van der Waals surface area contributed by atoms with E-state index in [-0.39, 0.29) is 5.91 Å². The molecule has 0 bridgehead atoms. The van der Waals surface area contributed by atoms with E-state index in [2.05, 4.69) is 22.4 Å². The number of rotatable bonds is 4. The van der Waals surface area contributed by atoms with Crippen LogP contribution >= 0.6 is 11.3 Å². The van der Waals surface area contributed by atoms with Gasteiger partial charge in [-0.25, -0.2) is 4.98 Å². The molecule has 27 heavy (non-hydrogen) atoms. The predicted molar refractivity (Wildman–Crippen MR) is 105 cm³/mol. The van der Waals surface area contributed by atoms with Crippen molar-refractivity contribution in [2.75, 3.05) is 11.9 Å². The van der Waals surface area contributed by atoms with Gasteiger partial charge in [0, 0.05) is 22.7 Å². The van der Waals surface area contributed by atoms with E-state index in [1.165, 1.54) is 23.1 Å². The van der Waals surface area contributed by atoms with Gasteiger partial charge in [0.25, 0.3) is 5.91 Å². The lowest BCUT2D eigenvalue weighted by molar-refractivity contribution is 0.102. The van der Waals surface area contributed by atoms with Crippen LogP contribution in [0.5, 0.6) is 5.88 Å². The van der Waals surface area contributed by atoms with E-state index in [1.54, 1.807) is 12.1 Å². The highest BCUT2D eigenvalue weighted by Crippen LogP contribution is 2.44. The van der Waals surface area contributed by atoms with Crippen LogP contribution in [0.4, 0.5) is 5.00 Å². The van der Waals surface area contributed by atoms with Crippen molar-refractivity contribution in [3.63, 3.8) is 0 Å². The number of pyridine rings is 1. The number of thiophene rings is 1. The molecule has 2 aromatic heterocycles. The number of benzene rings is 1. The summed E-state index contributed by atoms with van der Waals surface area (Å²) in [5, 5.41) is 13.2. The lowest BCUT2D eigenvalue weighted by atomic mass is 9.88. The summed E-state index contributed by atoms with van der Waals surface area (Å²) in [5.74, 6) is 0.198. The molecular weight excluding hydrogens is 358 g/mol. The van der Waals surface area contributed by atoms with Crippen LogP contribution in [-0.2, 0) is 12.8 Å². The van der Waals surface area contributed by atoms with E-state index >= 15 is 0 Å². The topological polar surface area (TPSA) is 75.0 Å². The van der Waals surface area contributed by atoms with E-state index in [1.807, 2.05) is 25.1 Å². The molecule has 1 N–H and O–H groups in total. The van der Waals surface area contributed by atoms with Crippen molar-refractivity contribution in [3.8, 4) is 23.1 Å². The van der Waals surface area contributed by atoms with Crippen LogP contribution in [0, 0.1) is 11.3 Å². The summed E-state index contributed by atoms with van der Waals surface area (Å²) >= 11 is 1.48. The van der Waals surface area contributed by atoms with Crippen LogP contribution in [-0.4, -0.2) is 17.5 Å². The Kier molecular flexibility index (Phi) is 4.61. The Hall–Kier alpha value is -3.17. The second kappa shape index (κ2) is 7.22. The zero-order chi connectivity index (χ0) is 18.8. The Morgan fingerprint density at radius 1 is 1.30 bits per heavy atom. The van der Waals surface area contributed by atoms with Crippen LogP contribution in [0.3, 0.4) is 0 Å². The summed E-state index contributed by atoms with van der Waals surface area (Å²) in [7, 11) is 0. The van der Waals surface area contributed by atoms with Crippen LogP contribution in [0.1, 0.15) is 33.3 Å². The third-order valence-electron chi connectivity index (χ3n) is 4.52. The standard InChI is InChI=1S/C21H17N3O2S/c1-2-26-18-10-8-14(12-23-18)20(25)24-21-16(11-22)19-15-6-4-3-5-13(15)7-9-17(19)27-21/h3-6,8,10,12H,2,7,9H2,1H3,(H,24,25). The third kappa shape index (κ3) is 3.18. The SMILES string of the molecule is CCOc1ccc(C(=O)Nc2sc3c(c2C#N)-c2ccccc2CC3)cn1. The Labute approximate surface area is 161 Å². The summed E-state index contributed by atoms with van der Waals surface area (Å²) in [6.45, 7) is 2.40. The molecule has 1 aromatic carbocycles. The fraction of sp³-hybridized carbons (Fsp3) is 0.190. The van der Waals surface area contributed by atoms with Crippen LogP contribution in [0.25, 0.3) is 11.1 Å². The van der Waals surface area contributed by atoms with Gasteiger partial charge in [-0.3, -0.25) is 4.79 Å². The van der Waals surface area contributed by atoms with Gasteiger partial charge >= 0.3 is 0 Å². The highest BCUT2D eigenvalue weighted by molar-refractivity contribution is 7.17. The first-order chi connectivity index (χ1) is 13.2. The Morgan fingerprint density at radius 3 is 2.89 bits per heavy atom. The maximum Gasteiger partial charge on any atom is 0.257 e. The normalized spacial score (nSPS) is 11.9. The molecule has 5 nitrogen and oxygen atoms in total. The second-order valence-electron chi connectivity index (χ2n) is 6.15. The molecule has 0 spiro atoms. The summed E-state index contributed by atoms with van der Waals surface area (Å²) in [5.41, 5.74) is 4.26. The number of aryl methyl sites for hydroxylation is 2. The maximum atomic E-state index is 12.6. The Balaban J connectivity index is 1.65. The largest absolute Gasteiger partial charge is 0.478 e. The lowest BCUT2D eigenvalue weighted by Crippen LogP contribution is -2.12. The molecule has 0 saturated carbocycles. The van der Waals surface area contributed by atoms with Gasteiger partial charge in [-0.15, -0.1) is 11.3 Å². The molecule has 134 valence electrons. The van der Waals surface area contributed by atoms with E-state index in [4.69, 9.17) is 4.74 Å². The number of aromatic nitrogens is 1. The molecule has 6 heteroatoms. The number of hydrogen-bond donors (Lipinski definition) is 1. The van der Waals surface area contributed by atoms with Crippen molar-refractivity contribution in [2.45, 2.75) is 19.8 Å². The quantitative estimate of drug-likeness (QED) is 0.732. The van der Waals surface area contributed by atoms with E-state index in [0.717, 1.165) is 28.8 Å². The van der Waals surface area contributed by atoms with Gasteiger partial charge in [-0.1, -0.05) is 24.3 Å². The average Bonchev–Trinajstić information content (AvgIpc) is 3.06. The van der Waals surface area contributed by atoms with Crippen molar-refractivity contribution >= 4 is 22.2 Å². The first-order valence-electron chi connectivity index (χ1n) is 8.75. The molecule has 3 aromatic rings. The monoisotopic (exact) mass is 375 g/mol.